The molecule has 0 unspecified atom stereocenters. The molecule has 98 valence electrons. The first-order valence-corrected chi connectivity index (χ1v) is 2.95. The fourth-order valence-corrected chi connectivity index (χ4v) is 0.454. The molecule has 0 saturated heterocycles. The van der Waals surface area contributed by atoms with Gasteiger partial charge in [0.2, 0.25) is 0 Å². The third kappa shape index (κ3) is 2.33. The molecule has 0 amide bonds. The van der Waals surface area contributed by atoms with E-state index in [1.165, 1.54) is 0 Å². The summed E-state index contributed by atoms with van der Waals surface area (Å²) in [5.74, 6) is -27.0. The fraction of sp³-hybridized carbons (Fsp3) is 0.600. The van der Waals surface area contributed by atoms with Crippen molar-refractivity contribution in [3.63, 3.8) is 0 Å². The number of aliphatic carboxylic acids is 2. The molecule has 0 rings (SSSR count). The molecular formula is C5AgF6O4-. The van der Waals surface area contributed by atoms with Crippen LogP contribution in [0.3, 0.4) is 0 Å². The van der Waals surface area contributed by atoms with Crippen molar-refractivity contribution >= 4 is 11.9 Å². The van der Waals surface area contributed by atoms with Crippen LogP contribution in [0.25, 0.3) is 0 Å². The zero-order chi connectivity index (χ0) is 12.7. The maximum atomic E-state index is 12.1. The molecule has 0 heterocycles. The summed E-state index contributed by atoms with van der Waals surface area (Å²) in [5, 5.41) is 18.9. The van der Waals surface area contributed by atoms with Gasteiger partial charge in [-0.1, -0.05) is 0 Å². The summed E-state index contributed by atoms with van der Waals surface area (Å²) < 4.78 is 72.3. The number of rotatable bonds is 4. The van der Waals surface area contributed by atoms with Gasteiger partial charge in [0, 0.05) is 0 Å². The topological polar surface area (TPSA) is 80.3 Å². The average molecular weight is 346 g/mol. The van der Waals surface area contributed by atoms with Crippen LogP contribution in [-0.4, -0.2) is 29.7 Å². The van der Waals surface area contributed by atoms with E-state index in [1.54, 1.807) is 0 Å². The summed E-state index contributed by atoms with van der Waals surface area (Å²) in [6.45, 7) is 0. The van der Waals surface area contributed by atoms with Crippen LogP contribution in [0.5, 0.6) is 0 Å². The molecule has 0 aliphatic rings. The van der Waals surface area contributed by atoms with Crippen molar-refractivity contribution in [1.82, 2.24) is 0 Å². The van der Waals surface area contributed by atoms with E-state index >= 15 is 0 Å². The van der Waals surface area contributed by atoms with Crippen LogP contribution < -0.4 is 10.2 Å². The van der Waals surface area contributed by atoms with Gasteiger partial charge in [-0.05, 0) is 0 Å². The summed E-state index contributed by atoms with van der Waals surface area (Å²) in [5.41, 5.74) is 0. The van der Waals surface area contributed by atoms with Gasteiger partial charge >= 0.3 is 40.1 Å². The monoisotopic (exact) mass is 345 g/mol. The van der Waals surface area contributed by atoms with Crippen LogP contribution in [0.2, 0.25) is 0 Å². The first kappa shape index (κ1) is 17.6. The zero-order valence-electron chi connectivity index (χ0n) is 6.70. The Morgan fingerprint density at radius 3 is 1.06 bits per heavy atom. The van der Waals surface area contributed by atoms with Crippen LogP contribution in [-0.2, 0) is 32.0 Å². The SMILES string of the molecule is O=C([O-])C(F)(F)C(F)(F)C(F)(F)C(=O)[O-].[Ag+]. The van der Waals surface area contributed by atoms with Gasteiger partial charge in [-0.2, -0.15) is 26.3 Å². The Morgan fingerprint density at radius 2 is 0.938 bits per heavy atom. The van der Waals surface area contributed by atoms with Crippen LogP contribution >= 0.6 is 0 Å². The predicted molar refractivity (Wildman–Crippen MR) is 24.9 cm³/mol. The van der Waals surface area contributed by atoms with Crippen molar-refractivity contribution in [3.05, 3.63) is 0 Å². The largest absolute Gasteiger partial charge is 1.00 e. The molecule has 0 aliphatic carbocycles. The summed E-state index contributed by atoms with van der Waals surface area (Å²) in [6.07, 6.45) is 0. The van der Waals surface area contributed by atoms with Crippen LogP contribution in [0, 0.1) is 0 Å². The molecule has 0 fully saturated rings. The normalized spacial score (nSPS) is 12.9. The number of carboxylic acid groups (broad SMARTS) is 2. The smallest absolute Gasteiger partial charge is 0.544 e. The van der Waals surface area contributed by atoms with Gasteiger partial charge in [-0.25, -0.2) is 0 Å². The zero-order valence-corrected chi connectivity index (χ0v) is 8.18. The van der Waals surface area contributed by atoms with E-state index in [0.29, 0.717) is 0 Å². The fourth-order valence-electron chi connectivity index (χ4n) is 0.454. The van der Waals surface area contributed by atoms with E-state index in [0.717, 1.165) is 0 Å². The number of carbonyl (C=O) groups excluding carboxylic acids is 2. The number of hydrogen-bond donors (Lipinski definition) is 0. The van der Waals surface area contributed by atoms with Gasteiger partial charge < -0.3 is 19.8 Å². The maximum Gasteiger partial charge on any atom is 1.00 e. The summed E-state index contributed by atoms with van der Waals surface area (Å²) in [7, 11) is 0. The Kier molecular flexibility index (Phi) is 5.11. The number of carbonyl (C=O) groups is 2. The second kappa shape index (κ2) is 4.63. The molecule has 0 N–H and O–H groups in total. The van der Waals surface area contributed by atoms with E-state index in [4.69, 9.17) is 0 Å². The van der Waals surface area contributed by atoms with Gasteiger partial charge in [0.1, 0.15) is 11.9 Å². The molecule has 0 aliphatic heterocycles. The van der Waals surface area contributed by atoms with Gasteiger partial charge in [0.05, 0.1) is 0 Å². The Labute approximate surface area is 98.7 Å². The molecule has 16 heavy (non-hydrogen) atoms. The minimum atomic E-state index is -6.66. The quantitative estimate of drug-likeness (QED) is 0.453. The summed E-state index contributed by atoms with van der Waals surface area (Å²) >= 11 is 0. The molecule has 0 aromatic rings. The van der Waals surface area contributed by atoms with E-state index in [2.05, 4.69) is 0 Å². The summed E-state index contributed by atoms with van der Waals surface area (Å²) in [6, 6.07) is 0. The molecule has 0 aromatic heterocycles. The molecule has 0 atom stereocenters. The molecule has 4 nitrogen and oxygen atoms in total. The van der Waals surface area contributed by atoms with Gasteiger partial charge in [0.25, 0.3) is 0 Å². The van der Waals surface area contributed by atoms with Gasteiger partial charge in [-0.3, -0.25) is 0 Å². The van der Waals surface area contributed by atoms with Crippen molar-refractivity contribution in [3.8, 4) is 0 Å². The van der Waals surface area contributed by atoms with Crippen LogP contribution in [0.1, 0.15) is 0 Å². The Morgan fingerprint density at radius 1 is 0.750 bits per heavy atom. The number of alkyl halides is 6. The predicted octanol–water partition coefficient (Wildman–Crippen LogP) is -1.61. The van der Waals surface area contributed by atoms with Crippen molar-refractivity contribution < 1.29 is 68.5 Å². The standard InChI is InChI=1S/C5H2F6O4.Ag/c6-3(7,1(12)13)5(10,11)4(8,9)2(14)15;/h(H,12,13)(H,14,15);/q;+1/p-2. The van der Waals surface area contributed by atoms with Crippen LogP contribution in [0.15, 0.2) is 0 Å². The van der Waals surface area contributed by atoms with Crippen LogP contribution in [0.4, 0.5) is 26.3 Å². The minimum absolute atomic E-state index is 0. The second-order valence-electron chi connectivity index (χ2n) is 2.30. The average Bonchev–Trinajstić information content (AvgIpc) is 2.02. The van der Waals surface area contributed by atoms with E-state index < -0.39 is 29.7 Å². The number of halogens is 6. The van der Waals surface area contributed by atoms with Crippen molar-refractivity contribution in [2.75, 3.05) is 0 Å². The Balaban J connectivity index is 0. The van der Waals surface area contributed by atoms with Gasteiger partial charge in [0.15, 0.2) is 0 Å². The van der Waals surface area contributed by atoms with Crippen molar-refractivity contribution in [2.45, 2.75) is 17.8 Å². The summed E-state index contributed by atoms with van der Waals surface area (Å²) in [4.78, 5) is 18.9. The first-order chi connectivity index (χ1) is 6.39. The third-order valence-corrected chi connectivity index (χ3v) is 1.30. The molecule has 0 radical (unpaired) electrons. The van der Waals surface area contributed by atoms with Gasteiger partial charge in [-0.15, -0.1) is 0 Å². The van der Waals surface area contributed by atoms with E-state index in [1.807, 2.05) is 0 Å². The first-order valence-electron chi connectivity index (χ1n) is 2.95. The molecule has 11 heteroatoms. The number of hydrogen-bond acceptors (Lipinski definition) is 4. The third-order valence-electron chi connectivity index (χ3n) is 1.30. The van der Waals surface area contributed by atoms with Crippen molar-refractivity contribution in [2.24, 2.45) is 0 Å². The Hall–Kier alpha value is -0.740. The second-order valence-corrected chi connectivity index (χ2v) is 2.30. The molecule has 0 bridgehead atoms. The molecular weight excluding hydrogens is 346 g/mol. The molecule has 0 spiro atoms. The van der Waals surface area contributed by atoms with E-state index in [9.17, 15) is 46.1 Å². The number of carboxylic acids is 2. The Bertz CT molecular complexity index is 275. The van der Waals surface area contributed by atoms with E-state index in [-0.39, 0.29) is 22.4 Å². The maximum absolute atomic E-state index is 12.1. The minimum Gasteiger partial charge on any atom is -0.544 e. The molecule has 0 aromatic carbocycles. The molecule has 0 saturated carbocycles. The van der Waals surface area contributed by atoms with Crippen molar-refractivity contribution in [1.29, 1.82) is 0 Å².